The smallest absolute Gasteiger partial charge is 0.331 e. The number of hydrogen-bond donors (Lipinski definition) is 1. The first-order valence-electron chi connectivity index (χ1n) is 5.76. The van der Waals surface area contributed by atoms with E-state index in [9.17, 15) is 14.4 Å². The lowest BCUT2D eigenvalue weighted by Crippen LogP contribution is -2.31. The van der Waals surface area contributed by atoms with Gasteiger partial charge in [-0.15, -0.1) is 0 Å². The molecule has 0 saturated heterocycles. The zero-order valence-corrected chi connectivity index (χ0v) is 10.9. The minimum atomic E-state index is -0.651. The molecule has 0 atom stereocenters. The topological polar surface area (TPSA) is 81.7 Å². The number of carbonyl (C=O) groups excluding carboxylic acids is 3. The summed E-state index contributed by atoms with van der Waals surface area (Å²) in [7, 11) is 0. The first kappa shape index (κ1) is 16.1. The van der Waals surface area contributed by atoms with Gasteiger partial charge in [0, 0.05) is 18.1 Å². The molecule has 1 N–H and O–H groups in total. The van der Waals surface area contributed by atoms with Crippen LogP contribution in [0.2, 0.25) is 0 Å². The molecule has 0 spiro atoms. The SMILES string of the molecule is CCOC(=O)/C=C/C(=O)OCCNC(=O)C(C)C. The van der Waals surface area contributed by atoms with Gasteiger partial charge in [-0.25, -0.2) is 9.59 Å². The summed E-state index contributed by atoms with van der Waals surface area (Å²) in [6.45, 7) is 5.76. The molecular formula is C12H19NO5. The Balaban J connectivity index is 3.72. The summed E-state index contributed by atoms with van der Waals surface area (Å²) in [6.07, 6.45) is 1.99. The van der Waals surface area contributed by atoms with Gasteiger partial charge < -0.3 is 14.8 Å². The normalized spacial score (nSPS) is 10.4. The Morgan fingerprint density at radius 1 is 1.11 bits per heavy atom. The van der Waals surface area contributed by atoms with Crippen molar-refractivity contribution < 1.29 is 23.9 Å². The quantitative estimate of drug-likeness (QED) is 0.406. The van der Waals surface area contributed by atoms with Gasteiger partial charge in [0.25, 0.3) is 0 Å². The van der Waals surface area contributed by atoms with Crippen molar-refractivity contribution in [3.05, 3.63) is 12.2 Å². The van der Waals surface area contributed by atoms with Crippen LogP contribution < -0.4 is 5.32 Å². The second-order valence-corrected chi connectivity index (χ2v) is 3.70. The van der Waals surface area contributed by atoms with Crippen molar-refractivity contribution in [1.29, 1.82) is 0 Å². The van der Waals surface area contributed by atoms with Gasteiger partial charge in [0.1, 0.15) is 6.61 Å². The standard InChI is InChI=1S/C12H19NO5/c1-4-17-10(14)5-6-11(15)18-8-7-13-12(16)9(2)3/h5-6,9H,4,7-8H2,1-3H3,(H,13,16)/b6-5+. The van der Waals surface area contributed by atoms with Crippen LogP contribution in [-0.2, 0) is 23.9 Å². The van der Waals surface area contributed by atoms with Gasteiger partial charge in [0.15, 0.2) is 0 Å². The summed E-state index contributed by atoms with van der Waals surface area (Å²) in [5.74, 6) is -1.46. The largest absolute Gasteiger partial charge is 0.463 e. The van der Waals surface area contributed by atoms with Gasteiger partial charge in [-0.05, 0) is 6.92 Å². The average molecular weight is 257 g/mol. The lowest BCUT2D eigenvalue weighted by molar-refractivity contribution is -0.140. The molecule has 0 aromatic heterocycles. The number of ether oxygens (including phenoxy) is 2. The van der Waals surface area contributed by atoms with Crippen LogP contribution in [0.4, 0.5) is 0 Å². The van der Waals surface area contributed by atoms with Crippen molar-refractivity contribution in [2.45, 2.75) is 20.8 Å². The molecule has 0 aliphatic heterocycles. The van der Waals surface area contributed by atoms with Crippen molar-refractivity contribution in [3.63, 3.8) is 0 Å². The molecule has 0 rings (SSSR count). The van der Waals surface area contributed by atoms with Gasteiger partial charge in [0.2, 0.25) is 5.91 Å². The van der Waals surface area contributed by atoms with Crippen LogP contribution in [0.1, 0.15) is 20.8 Å². The van der Waals surface area contributed by atoms with Crippen LogP contribution in [0.3, 0.4) is 0 Å². The van der Waals surface area contributed by atoms with E-state index in [0.717, 1.165) is 12.2 Å². The van der Waals surface area contributed by atoms with E-state index < -0.39 is 11.9 Å². The summed E-state index contributed by atoms with van der Waals surface area (Å²) < 4.78 is 9.34. The maximum atomic E-state index is 11.1. The third-order valence-electron chi connectivity index (χ3n) is 1.81. The molecule has 0 radical (unpaired) electrons. The molecule has 0 aliphatic rings. The van der Waals surface area contributed by atoms with Crippen LogP contribution >= 0.6 is 0 Å². The Kier molecular flexibility index (Phi) is 8.26. The Hall–Kier alpha value is -1.85. The summed E-state index contributed by atoms with van der Waals surface area (Å²) >= 11 is 0. The monoisotopic (exact) mass is 257 g/mol. The zero-order valence-electron chi connectivity index (χ0n) is 10.9. The second kappa shape index (κ2) is 9.21. The Morgan fingerprint density at radius 2 is 1.67 bits per heavy atom. The van der Waals surface area contributed by atoms with E-state index in [1.165, 1.54) is 0 Å². The zero-order chi connectivity index (χ0) is 14.0. The summed E-state index contributed by atoms with van der Waals surface area (Å²) in [4.78, 5) is 33.1. The number of carbonyl (C=O) groups is 3. The molecule has 0 unspecified atom stereocenters. The van der Waals surface area contributed by atoms with E-state index in [1.54, 1.807) is 20.8 Å². The van der Waals surface area contributed by atoms with E-state index in [0.29, 0.717) is 0 Å². The summed E-state index contributed by atoms with van der Waals surface area (Å²) in [5.41, 5.74) is 0. The molecule has 0 heterocycles. The third-order valence-corrected chi connectivity index (χ3v) is 1.81. The summed E-state index contributed by atoms with van der Waals surface area (Å²) in [6, 6.07) is 0. The van der Waals surface area contributed by atoms with E-state index in [4.69, 9.17) is 4.74 Å². The molecule has 0 saturated carbocycles. The van der Waals surface area contributed by atoms with Crippen molar-refractivity contribution in [3.8, 4) is 0 Å². The van der Waals surface area contributed by atoms with Gasteiger partial charge in [-0.2, -0.15) is 0 Å². The van der Waals surface area contributed by atoms with E-state index >= 15 is 0 Å². The lowest BCUT2D eigenvalue weighted by atomic mass is 10.2. The molecule has 0 aromatic carbocycles. The maximum absolute atomic E-state index is 11.1. The fraction of sp³-hybridized carbons (Fsp3) is 0.583. The molecule has 6 nitrogen and oxygen atoms in total. The fourth-order valence-corrected chi connectivity index (χ4v) is 0.905. The van der Waals surface area contributed by atoms with Crippen LogP contribution in [0.15, 0.2) is 12.2 Å². The highest BCUT2D eigenvalue weighted by atomic mass is 16.5. The predicted molar refractivity (Wildman–Crippen MR) is 64.6 cm³/mol. The van der Waals surface area contributed by atoms with Gasteiger partial charge in [-0.1, -0.05) is 13.8 Å². The Bertz CT molecular complexity index is 322. The van der Waals surface area contributed by atoms with Gasteiger partial charge in [0.05, 0.1) is 13.2 Å². The lowest BCUT2D eigenvalue weighted by Gasteiger charge is -2.07. The maximum Gasteiger partial charge on any atom is 0.331 e. The van der Waals surface area contributed by atoms with E-state index in [2.05, 4.69) is 10.1 Å². The fourth-order valence-electron chi connectivity index (χ4n) is 0.905. The first-order chi connectivity index (χ1) is 8.47. The van der Waals surface area contributed by atoms with Crippen LogP contribution in [0.25, 0.3) is 0 Å². The van der Waals surface area contributed by atoms with Crippen LogP contribution in [0, 0.1) is 5.92 Å². The van der Waals surface area contributed by atoms with Crippen molar-refractivity contribution in [1.82, 2.24) is 5.32 Å². The second-order valence-electron chi connectivity index (χ2n) is 3.70. The van der Waals surface area contributed by atoms with E-state index in [1.807, 2.05) is 0 Å². The van der Waals surface area contributed by atoms with Crippen molar-refractivity contribution in [2.75, 3.05) is 19.8 Å². The molecular weight excluding hydrogens is 238 g/mol. The highest BCUT2D eigenvalue weighted by Crippen LogP contribution is 1.90. The van der Waals surface area contributed by atoms with Crippen molar-refractivity contribution >= 4 is 17.8 Å². The minimum absolute atomic E-state index is 0.0600. The third kappa shape index (κ3) is 8.32. The minimum Gasteiger partial charge on any atom is -0.463 e. The molecule has 0 aliphatic carbocycles. The molecule has 6 heteroatoms. The first-order valence-corrected chi connectivity index (χ1v) is 5.76. The molecule has 18 heavy (non-hydrogen) atoms. The predicted octanol–water partition coefficient (Wildman–Crippen LogP) is 0.421. The Labute approximate surface area is 106 Å². The van der Waals surface area contributed by atoms with Crippen LogP contribution in [-0.4, -0.2) is 37.6 Å². The number of nitrogens with one attached hydrogen (secondary N) is 1. The summed E-state index contributed by atoms with van der Waals surface area (Å²) in [5, 5.41) is 2.59. The molecule has 0 aromatic rings. The number of esters is 2. The van der Waals surface area contributed by atoms with Crippen LogP contribution in [0.5, 0.6) is 0 Å². The number of rotatable bonds is 7. The van der Waals surface area contributed by atoms with Crippen molar-refractivity contribution in [2.24, 2.45) is 5.92 Å². The highest BCUT2D eigenvalue weighted by Gasteiger charge is 2.05. The van der Waals surface area contributed by atoms with Gasteiger partial charge in [-0.3, -0.25) is 4.79 Å². The molecule has 0 bridgehead atoms. The number of amides is 1. The molecule has 1 amide bonds. The highest BCUT2D eigenvalue weighted by molar-refractivity contribution is 5.91. The van der Waals surface area contributed by atoms with E-state index in [-0.39, 0.29) is 31.6 Å². The number of hydrogen-bond acceptors (Lipinski definition) is 5. The van der Waals surface area contributed by atoms with Gasteiger partial charge >= 0.3 is 11.9 Å². The Morgan fingerprint density at radius 3 is 2.17 bits per heavy atom. The average Bonchev–Trinajstić information content (AvgIpc) is 2.32. The molecule has 0 fully saturated rings. The molecule has 102 valence electrons.